The lowest BCUT2D eigenvalue weighted by molar-refractivity contribution is -0.118. The van der Waals surface area contributed by atoms with Gasteiger partial charge in [0, 0.05) is 48.2 Å². The average molecular weight is 306 g/mol. The van der Waals surface area contributed by atoms with Crippen LogP contribution in [0.25, 0.3) is 11.4 Å². The zero-order valence-corrected chi connectivity index (χ0v) is 13.1. The van der Waals surface area contributed by atoms with Crippen LogP contribution in [-0.4, -0.2) is 36.9 Å². The van der Waals surface area contributed by atoms with Crippen molar-refractivity contribution in [3.63, 3.8) is 0 Å². The van der Waals surface area contributed by atoms with Crippen LogP contribution in [0, 0.1) is 5.92 Å². The molecule has 0 fully saturated rings. The molecule has 0 aliphatic rings. The lowest BCUT2D eigenvalue weighted by Crippen LogP contribution is -2.24. The molecule has 2 heterocycles. The van der Waals surface area contributed by atoms with Crippen molar-refractivity contribution in [1.29, 1.82) is 0 Å². The van der Waals surface area contributed by atoms with E-state index in [2.05, 4.69) is 15.4 Å². The number of aromatic nitrogens is 3. The summed E-state index contributed by atoms with van der Waals surface area (Å²) < 4.78 is 12.8. The van der Waals surface area contributed by atoms with Gasteiger partial charge in [-0.05, 0) is 12.1 Å². The molecule has 0 spiro atoms. The summed E-state index contributed by atoms with van der Waals surface area (Å²) in [5.41, 5.74) is 1.92. The highest BCUT2D eigenvalue weighted by Crippen LogP contribution is 2.24. The van der Waals surface area contributed by atoms with Gasteiger partial charge in [0.2, 0.25) is 5.91 Å². The molecule has 21 heavy (non-hydrogen) atoms. The third kappa shape index (κ3) is 3.98. The molecule has 2 atom stereocenters. The summed E-state index contributed by atoms with van der Waals surface area (Å²) in [5, 5.41) is 7.17. The van der Waals surface area contributed by atoms with Crippen molar-refractivity contribution in [2.75, 3.05) is 17.3 Å². The van der Waals surface area contributed by atoms with Crippen LogP contribution in [0.5, 0.6) is 0 Å². The van der Waals surface area contributed by atoms with E-state index in [9.17, 15) is 9.00 Å². The molecule has 0 bridgehead atoms. The van der Waals surface area contributed by atoms with Gasteiger partial charge >= 0.3 is 0 Å². The second kappa shape index (κ2) is 6.62. The number of carbonyl (C=O) groups excluding carboxylic acids is 1. The highest BCUT2D eigenvalue weighted by molar-refractivity contribution is 7.84. The minimum atomic E-state index is -1.00. The molecule has 1 N–H and O–H groups in total. The largest absolute Gasteiger partial charge is 0.323 e. The molecule has 0 radical (unpaired) electrons. The number of anilines is 1. The standard InChI is InChI=1S/C14H18N4O2S/c1-10(9-21(3)20)14(19)16-12-8-18(2)17-13(12)11-6-4-5-7-15-11/h4-8,10H,9H2,1-3H3,(H,16,19). The minimum absolute atomic E-state index is 0.171. The third-order valence-corrected chi connectivity index (χ3v) is 3.90. The van der Waals surface area contributed by atoms with Gasteiger partial charge < -0.3 is 5.32 Å². The molecule has 7 heteroatoms. The van der Waals surface area contributed by atoms with Crippen molar-refractivity contribution in [2.45, 2.75) is 6.92 Å². The van der Waals surface area contributed by atoms with Gasteiger partial charge in [-0.1, -0.05) is 13.0 Å². The fourth-order valence-electron chi connectivity index (χ4n) is 1.96. The summed E-state index contributed by atoms with van der Waals surface area (Å²) >= 11 is 0. The van der Waals surface area contributed by atoms with Gasteiger partial charge in [-0.25, -0.2) is 0 Å². The Morgan fingerprint density at radius 2 is 2.24 bits per heavy atom. The molecule has 0 aromatic carbocycles. The van der Waals surface area contributed by atoms with Gasteiger partial charge in [0.1, 0.15) is 5.69 Å². The number of pyridine rings is 1. The van der Waals surface area contributed by atoms with Crippen molar-refractivity contribution in [1.82, 2.24) is 14.8 Å². The number of hydrogen-bond acceptors (Lipinski definition) is 4. The van der Waals surface area contributed by atoms with E-state index in [-0.39, 0.29) is 11.8 Å². The fourth-order valence-corrected chi connectivity index (χ4v) is 2.81. The molecular weight excluding hydrogens is 288 g/mol. The van der Waals surface area contributed by atoms with E-state index in [0.29, 0.717) is 22.8 Å². The Balaban J connectivity index is 2.21. The van der Waals surface area contributed by atoms with Crippen molar-refractivity contribution in [3.8, 4) is 11.4 Å². The number of nitrogens with one attached hydrogen (secondary N) is 1. The van der Waals surface area contributed by atoms with E-state index in [4.69, 9.17) is 0 Å². The number of rotatable bonds is 5. The van der Waals surface area contributed by atoms with E-state index >= 15 is 0 Å². The Bertz CT molecular complexity index is 654. The lowest BCUT2D eigenvalue weighted by atomic mass is 10.2. The van der Waals surface area contributed by atoms with E-state index < -0.39 is 10.8 Å². The number of hydrogen-bond donors (Lipinski definition) is 1. The summed E-state index contributed by atoms with van der Waals surface area (Å²) in [6.45, 7) is 1.76. The van der Waals surface area contributed by atoms with E-state index in [0.717, 1.165) is 0 Å². The summed E-state index contributed by atoms with van der Waals surface area (Å²) in [6.07, 6.45) is 5.00. The summed E-state index contributed by atoms with van der Waals surface area (Å²) in [4.78, 5) is 16.4. The highest BCUT2D eigenvalue weighted by Gasteiger charge is 2.18. The predicted octanol–water partition coefficient (Wildman–Crippen LogP) is 1.44. The van der Waals surface area contributed by atoms with Crippen LogP contribution in [0.4, 0.5) is 5.69 Å². The average Bonchev–Trinajstić information content (AvgIpc) is 2.79. The molecule has 0 aliphatic carbocycles. The first kappa shape index (κ1) is 15.4. The molecule has 0 saturated carbocycles. The second-order valence-electron chi connectivity index (χ2n) is 4.91. The molecule has 6 nitrogen and oxygen atoms in total. The van der Waals surface area contributed by atoms with Gasteiger partial charge in [0.05, 0.1) is 11.4 Å². The zero-order valence-electron chi connectivity index (χ0n) is 12.2. The molecule has 2 rings (SSSR count). The first-order valence-electron chi connectivity index (χ1n) is 6.53. The molecule has 0 saturated heterocycles. The first-order chi connectivity index (χ1) is 9.97. The minimum Gasteiger partial charge on any atom is -0.323 e. The monoisotopic (exact) mass is 306 g/mol. The van der Waals surface area contributed by atoms with Crippen molar-refractivity contribution >= 4 is 22.4 Å². The van der Waals surface area contributed by atoms with Crippen LogP contribution in [0.15, 0.2) is 30.6 Å². The van der Waals surface area contributed by atoms with Crippen LogP contribution < -0.4 is 5.32 Å². The Morgan fingerprint density at radius 1 is 1.48 bits per heavy atom. The van der Waals surface area contributed by atoms with E-state index in [1.807, 2.05) is 18.2 Å². The first-order valence-corrected chi connectivity index (χ1v) is 8.26. The maximum atomic E-state index is 12.1. The maximum Gasteiger partial charge on any atom is 0.228 e. The van der Waals surface area contributed by atoms with Crippen LogP contribution in [0.2, 0.25) is 0 Å². The van der Waals surface area contributed by atoms with Gasteiger partial charge in [0.15, 0.2) is 0 Å². The number of carbonyl (C=O) groups is 1. The SMILES string of the molecule is CC(CS(C)=O)C(=O)Nc1cn(C)nc1-c1ccccn1. The third-order valence-electron chi connectivity index (χ3n) is 2.93. The van der Waals surface area contributed by atoms with Crippen LogP contribution in [0.1, 0.15) is 6.92 Å². The Labute approximate surface area is 126 Å². The zero-order chi connectivity index (χ0) is 15.4. The van der Waals surface area contributed by atoms with Gasteiger partial charge in [-0.15, -0.1) is 0 Å². The molecule has 2 unspecified atom stereocenters. The molecule has 1 amide bonds. The van der Waals surface area contributed by atoms with Crippen molar-refractivity contribution < 1.29 is 9.00 Å². The van der Waals surface area contributed by atoms with Gasteiger partial charge in [0.25, 0.3) is 0 Å². The summed E-state index contributed by atoms with van der Waals surface area (Å²) in [7, 11) is 0.780. The smallest absolute Gasteiger partial charge is 0.228 e. The molecule has 112 valence electrons. The summed E-state index contributed by atoms with van der Waals surface area (Å²) in [6, 6.07) is 5.53. The maximum absolute atomic E-state index is 12.1. The number of nitrogens with zero attached hydrogens (tertiary/aromatic N) is 3. The highest BCUT2D eigenvalue weighted by atomic mass is 32.2. The van der Waals surface area contributed by atoms with Crippen LogP contribution in [-0.2, 0) is 22.6 Å². The normalized spacial score (nSPS) is 13.7. The lowest BCUT2D eigenvalue weighted by Gasteiger charge is -2.10. The van der Waals surface area contributed by atoms with E-state index in [1.165, 1.54) is 0 Å². The van der Waals surface area contributed by atoms with E-state index in [1.54, 1.807) is 37.3 Å². The summed E-state index contributed by atoms with van der Waals surface area (Å²) in [5.74, 6) is -0.159. The second-order valence-corrected chi connectivity index (χ2v) is 6.39. The Morgan fingerprint density at radius 3 is 2.86 bits per heavy atom. The van der Waals surface area contributed by atoms with Crippen molar-refractivity contribution in [2.24, 2.45) is 13.0 Å². The van der Waals surface area contributed by atoms with Crippen molar-refractivity contribution in [3.05, 3.63) is 30.6 Å². The number of amides is 1. The van der Waals surface area contributed by atoms with Gasteiger partial charge in [-0.3, -0.25) is 18.7 Å². The predicted molar refractivity (Wildman–Crippen MR) is 83.2 cm³/mol. The molecule has 2 aromatic rings. The molecule has 2 aromatic heterocycles. The quantitative estimate of drug-likeness (QED) is 0.906. The fraction of sp³-hybridized carbons (Fsp3) is 0.357. The topological polar surface area (TPSA) is 76.9 Å². The van der Waals surface area contributed by atoms with Crippen LogP contribution in [0.3, 0.4) is 0 Å². The Hall–Kier alpha value is -2.02. The Kier molecular flexibility index (Phi) is 4.85. The van der Waals surface area contributed by atoms with Gasteiger partial charge in [-0.2, -0.15) is 5.10 Å². The molecular formula is C14H18N4O2S. The van der Waals surface area contributed by atoms with Crippen LogP contribution >= 0.6 is 0 Å². The number of aryl methyl sites for hydroxylation is 1. The molecule has 0 aliphatic heterocycles.